The van der Waals surface area contributed by atoms with E-state index in [9.17, 15) is 0 Å². The number of halogens is 1. The summed E-state index contributed by atoms with van der Waals surface area (Å²) in [6.45, 7) is 8.16. The maximum Gasteiger partial charge on any atom is 0.203 e. The molecular formula is C20H34IN3O3. The van der Waals surface area contributed by atoms with Crippen LogP contribution in [0.3, 0.4) is 0 Å². The fourth-order valence-corrected chi connectivity index (χ4v) is 3.29. The second kappa shape index (κ2) is 12.2. The molecule has 0 unspecified atom stereocenters. The van der Waals surface area contributed by atoms with Crippen LogP contribution in [0, 0.1) is 5.92 Å². The minimum Gasteiger partial charge on any atom is -0.493 e. The van der Waals surface area contributed by atoms with Crippen LogP contribution < -0.4 is 19.5 Å². The lowest BCUT2D eigenvalue weighted by Crippen LogP contribution is -2.45. The van der Waals surface area contributed by atoms with Gasteiger partial charge in [0.05, 0.1) is 21.3 Å². The molecule has 6 nitrogen and oxygen atoms in total. The van der Waals surface area contributed by atoms with Crippen LogP contribution in [0.2, 0.25) is 0 Å². The predicted molar refractivity (Wildman–Crippen MR) is 121 cm³/mol. The van der Waals surface area contributed by atoms with Crippen molar-refractivity contribution in [3.05, 3.63) is 17.7 Å². The van der Waals surface area contributed by atoms with E-state index < -0.39 is 0 Å². The van der Waals surface area contributed by atoms with E-state index in [1.54, 1.807) is 21.3 Å². The summed E-state index contributed by atoms with van der Waals surface area (Å²) < 4.78 is 16.4. The Hall–Kier alpha value is -1.38. The molecule has 2 rings (SSSR count). The Bertz CT molecular complexity index is 602. The van der Waals surface area contributed by atoms with E-state index in [4.69, 9.17) is 19.2 Å². The number of benzene rings is 1. The molecule has 27 heavy (non-hydrogen) atoms. The number of methoxy groups -OCH3 is 3. The largest absolute Gasteiger partial charge is 0.493 e. The summed E-state index contributed by atoms with van der Waals surface area (Å²) in [6.07, 6.45) is 3.24. The summed E-state index contributed by atoms with van der Waals surface area (Å²) in [4.78, 5) is 7.21. The molecule has 1 heterocycles. The Labute approximate surface area is 180 Å². The Morgan fingerprint density at radius 2 is 1.78 bits per heavy atom. The molecule has 0 aliphatic carbocycles. The van der Waals surface area contributed by atoms with Crippen LogP contribution in [-0.2, 0) is 6.42 Å². The standard InChI is InChI=1S/C20H33N3O3.HI/c1-6-21-20(23-13-10-15(2)11-14-23)22-12-9-16-7-8-17(24-3)19(26-5)18(16)25-4;/h7-8,15H,6,9-14H2,1-5H3,(H,21,22);1H. The zero-order chi connectivity index (χ0) is 18.9. The molecule has 0 bridgehead atoms. The zero-order valence-corrected chi connectivity index (χ0v) is 19.5. The van der Waals surface area contributed by atoms with Crippen molar-refractivity contribution in [1.29, 1.82) is 0 Å². The molecule has 0 amide bonds. The summed E-state index contributed by atoms with van der Waals surface area (Å²) in [5.74, 6) is 3.85. The molecule has 0 radical (unpaired) electrons. The van der Waals surface area contributed by atoms with E-state index in [0.717, 1.165) is 49.2 Å². The number of hydrogen-bond donors (Lipinski definition) is 1. The van der Waals surface area contributed by atoms with Gasteiger partial charge in [-0.05, 0) is 38.2 Å². The van der Waals surface area contributed by atoms with Gasteiger partial charge in [-0.3, -0.25) is 4.99 Å². The number of aliphatic imine (C=N–C) groups is 1. The molecule has 1 aliphatic heterocycles. The van der Waals surface area contributed by atoms with Crippen LogP contribution >= 0.6 is 24.0 Å². The average molecular weight is 491 g/mol. The topological polar surface area (TPSA) is 55.3 Å². The highest BCUT2D eigenvalue weighted by Crippen LogP contribution is 2.39. The molecule has 1 aromatic carbocycles. The minimum absolute atomic E-state index is 0. The van der Waals surface area contributed by atoms with Crippen molar-refractivity contribution in [2.45, 2.75) is 33.1 Å². The Morgan fingerprint density at radius 1 is 1.11 bits per heavy atom. The van der Waals surface area contributed by atoms with Crippen molar-refractivity contribution in [2.24, 2.45) is 10.9 Å². The molecule has 1 aromatic rings. The van der Waals surface area contributed by atoms with Gasteiger partial charge in [-0.25, -0.2) is 0 Å². The molecule has 1 fully saturated rings. The number of nitrogens with one attached hydrogen (secondary N) is 1. The highest BCUT2D eigenvalue weighted by molar-refractivity contribution is 14.0. The first kappa shape index (κ1) is 23.7. The summed E-state index contributed by atoms with van der Waals surface area (Å²) in [5.41, 5.74) is 1.07. The number of likely N-dealkylation sites (tertiary alicyclic amines) is 1. The highest BCUT2D eigenvalue weighted by Gasteiger charge is 2.19. The van der Waals surface area contributed by atoms with Crippen molar-refractivity contribution in [2.75, 3.05) is 47.5 Å². The Morgan fingerprint density at radius 3 is 2.33 bits per heavy atom. The molecule has 0 aromatic heterocycles. The highest BCUT2D eigenvalue weighted by atomic mass is 127. The molecule has 1 saturated heterocycles. The van der Waals surface area contributed by atoms with Gasteiger partial charge in [-0.2, -0.15) is 0 Å². The first-order valence-electron chi connectivity index (χ1n) is 9.45. The lowest BCUT2D eigenvalue weighted by atomic mass is 10.00. The van der Waals surface area contributed by atoms with E-state index in [2.05, 4.69) is 24.1 Å². The molecule has 1 N–H and O–H groups in total. The fraction of sp³-hybridized carbons (Fsp3) is 0.650. The van der Waals surface area contributed by atoms with Gasteiger partial charge in [0.2, 0.25) is 5.75 Å². The second-order valence-corrected chi connectivity index (χ2v) is 6.65. The molecule has 0 saturated carbocycles. The number of guanidine groups is 1. The van der Waals surface area contributed by atoms with Gasteiger partial charge in [-0.15, -0.1) is 24.0 Å². The van der Waals surface area contributed by atoms with E-state index in [1.807, 2.05) is 12.1 Å². The van der Waals surface area contributed by atoms with Gasteiger partial charge in [0, 0.05) is 31.7 Å². The smallest absolute Gasteiger partial charge is 0.203 e. The molecule has 154 valence electrons. The number of rotatable bonds is 7. The van der Waals surface area contributed by atoms with Gasteiger partial charge in [-0.1, -0.05) is 13.0 Å². The summed E-state index contributed by atoms with van der Waals surface area (Å²) in [6, 6.07) is 3.93. The van der Waals surface area contributed by atoms with Crippen LogP contribution in [0.25, 0.3) is 0 Å². The second-order valence-electron chi connectivity index (χ2n) is 6.65. The van der Waals surface area contributed by atoms with Crippen LogP contribution in [0.1, 0.15) is 32.3 Å². The van der Waals surface area contributed by atoms with Gasteiger partial charge in [0.1, 0.15) is 0 Å². The summed E-state index contributed by atoms with van der Waals surface area (Å²) >= 11 is 0. The van der Waals surface area contributed by atoms with Crippen molar-refractivity contribution < 1.29 is 14.2 Å². The summed E-state index contributed by atoms with van der Waals surface area (Å²) in [5, 5.41) is 3.42. The lowest BCUT2D eigenvalue weighted by molar-refractivity contribution is 0.273. The van der Waals surface area contributed by atoms with Crippen molar-refractivity contribution in [3.8, 4) is 17.2 Å². The van der Waals surface area contributed by atoms with Gasteiger partial charge < -0.3 is 24.4 Å². The maximum atomic E-state index is 5.56. The quantitative estimate of drug-likeness (QED) is 0.359. The third kappa shape index (κ3) is 6.33. The monoisotopic (exact) mass is 491 g/mol. The number of piperidine rings is 1. The molecule has 0 spiro atoms. The van der Waals surface area contributed by atoms with Gasteiger partial charge in [0.15, 0.2) is 17.5 Å². The molecular weight excluding hydrogens is 457 g/mol. The Balaban J connectivity index is 0.00000364. The van der Waals surface area contributed by atoms with Crippen molar-refractivity contribution in [3.63, 3.8) is 0 Å². The normalized spacial score (nSPS) is 15.1. The summed E-state index contributed by atoms with van der Waals surface area (Å²) in [7, 11) is 4.91. The SMILES string of the molecule is CCNC(=NCCc1ccc(OC)c(OC)c1OC)N1CCC(C)CC1.I. The third-order valence-electron chi connectivity index (χ3n) is 4.85. The fourth-order valence-electron chi connectivity index (χ4n) is 3.29. The average Bonchev–Trinajstić information content (AvgIpc) is 2.67. The lowest BCUT2D eigenvalue weighted by Gasteiger charge is -2.33. The zero-order valence-electron chi connectivity index (χ0n) is 17.2. The molecule has 7 heteroatoms. The van der Waals surface area contributed by atoms with Crippen molar-refractivity contribution >= 4 is 29.9 Å². The molecule has 0 atom stereocenters. The van der Waals surface area contributed by atoms with Gasteiger partial charge >= 0.3 is 0 Å². The maximum absolute atomic E-state index is 5.56. The first-order valence-corrected chi connectivity index (χ1v) is 9.45. The number of ether oxygens (including phenoxy) is 3. The Kier molecular flexibility index (Phi) is 10.6. The van der Waals surface area contributed by atoms with E-state index in [1.165, 1.54) is 12.8 Å². The van der Waals surface area contributed by atoms with Crippen LogP contribution in [0.5, 0.6) is 17.2 Å². The van der Waals surface area contributed by atoms with E-state index in [-0.39, 0.29) is 24.0 Å². The third-order valence-corrected chi connectivity index (χ3v) is 4.85. The number of hydrogen-bond acceptors (Lipinski definition) is 4. The van der Waals surface area contributed by atoms with Gasteiger partial charge in [0.25, 0.3) is 0 Å². The number of nitrogens with zero attached hydrogens (tertiary/aromatic N) is 2. The van der Waals surface area contributed by atoms with E-state index >= 15 is 0 Å². The minimum atomic E-state index is 0. The predicted octanol–water partition coefficient (Wildman–Crippen LogP) is 3.57. The van der Waals surface area contributed by atoms with Crippen LogP contribution in [-0.4, -0.2) is 58.4 Å². The molecule has 1 aliphatic rings. The van der Waals surface area contributed by atoms with Crippen molar-refractivity contribution in [1.82, 2.24) is 10.2 Å². The first-order chi connectivity index (χ1) is 12.6. The van der Waals surface area contributed by atoms with Crippen LogP contribution in [0.15, 0.2) is 17.1 Å². The van der Waals surface area contributed by atoms with Crippen LogP contribution in [0.4, 0.5) is 0 Å². The van der Waals surface area contributed by atoms with E-state index in [0.29, 0.717) is 18.0 Å².